The molecule has 2 rings (SSSR count). The van der Waals surface area contributed by atoms with E-state index in [4.69, 9.17) is 5.11 Å². The standard InChI is InChI=1S/C15H15NO2/c1-16(11-15(17)18)14-10-6-5-9-13(14)12-7-3-2-4-8-12/h2-10H,11H2,1H3,(H,17,18). The highest BCUT2D eigenvalue weighted by molar-refractivity contribution is 5.81. The maximum absolute atomic E-state index is 10.8. The Balaban J connectivity index is 2.40. The molecule has 92 valence electrons. The third-order valence-electron chi connectivity index (χ3n) is 2.77. The molecule has 0 aliphatic rings. The second kappa shape index (κ2) is 5.36. The van der Waals surface area contributed by atoms with Crippen LogP contribution in [0.25, 0.3) is 11.1 Å². The molecular weight excluding hydrogens is 226 g/mol. The van der Waals surface area contributed by atoms with E-state index in [2.05, 4.69) is 0 Å². The molecule has 0 saturated heterocycles. The number of hydrogen-bond donors (Lipinski definition) is 1. The van der Waals surface area contributed by atoms with Crippen molar-refractivity contribution < 1.29 is 9.90 Å². The summed E-state index contributed by atoms with van der Waals surface area (Å²) in [5.41, 5.74) is 3.05. The van der Waals surface area contributed by atoms with E-state index >= 15 is 0 Å². The van der Waals surface area contributed by atoms with E-state index in [-0.39, 0.29) is 6.54 Å². The van der Waals surface area contributed by atoms with Crippen LogP contribution in [-0.2, 0) is 4.79 Å². The van der Waals surface area contributed by atoms with Crippen LogP contribution in [0, 0.1) is 0 Å². The van der Waals surface area contributed by atoms with Gasteiger partial charge in [-0.15, -0.1) is 0 Å². The van der Waals surface area contributed by atoms with Gasteiger partial charge in [-0.3, -0.25) is 4.79 Å². The smallest absolute Gasteiger partial charge is 0.323 e. The van der Waals surface area contributed by atoms with Gasteiger partial charge in [0, 0.05) is 18.3 Å². The number of carboxylic acids is 1. The highest BCUT2D eigenvalue weighted by Crippen LogP contribution is 2.29. The molecular formula is C15H15NO2. The second-order valence-electron chi connectivity index (χ2n) is 4.13. The lowest BCUT2D eigenvalue weighted by atomic mass is 10.0. The first kappa shape index (κ1) is 12.2. The van der Waals surface area contributed by atoms with Crippen molar-refractivity contribution in [2.45, 2.75) is 0 Å². The number of rotatable bonds is 4. The van der Waals surface area contributed by atoms with Crippen LogP contribution in [0.15, 0.2) is 54.6 Å². The van der Waals surface area contributed by atoms with E-state index in [1.54, 1.807) is 11.9 Å². The van der Waals surface area contributed by atoms with Crippen LogP contribution in [0.5, 0.6) is 0 Å². The van der Waals surface area contributed by atoms with E-state index in [1.807, 2.05) is 54.6 Å². The van der Waals surface area contributed by atoms with Crippen molar-refractivity contribution in [1.82, 2.24) is 0 Å². The van der Waals surface area contributed by atoms with Crippen LogP contribution in [0.2, 0.25) is 0 Å². The Bertz CT molecular complexity index is 537. The quantitative estimate of drug-likeness (QED) is 0.894. The van der Waals surface area contributed by atoms with Crippen molar-refractivity contribution in [3.63, 3.8) is 0 Å². The predicted octanol–water partition coefficient (Wildman–Crippen LogP) is 2.87. The third kappa shape index (κ3) is 2.69. The number of nitrogens with zero attached hydrogens (tertiary/aromatic N) is 1. The minimum atomic E-state index is -0.833. The zero-order chi connectivity index (χ0) is 13.0. The van der Waals surface area contributed by atoms with E-state index in [9.17, 15) is 4.79 Å². The molecule has 1 N–H and O–H groups in total. The maximum Gasteiger partial charge on any atom is 0.323 e. The SMILES string of the molecule is CN(CC(=O)O)c1ccccc1-c1ccccc1. The van der Waals surface area contributed by atoms with Gasteiger partial charge < -0.3 is 10.0 Å². The molecule has 0 aromatic heterocycles. The maximum atomic E-state index is 10.8. The second-order valence-corrected chi connectivity index (χ2v) is 4.13. The van der Waals surface area contributed by atoms with Gasteiger partial charge in [0.05, 0.1) is 0 Å². The van der Waals surface area contributed by atoms with Gasteiger partial charge in [0.2, 0.25) is 0 Å². The number of hydrogen-bond acceptors (Lipinski definition) is 2. The number of likely N-dealkylation sites (N-methyl/N-ethyl adjacent to an activating group) is 1. The van der Waals surface area contributed by atoms with E-state index in [0.29, 0.717) is 0 Å². The molecule has 18 heavy (non-hydrogen) atoms. The van der Waals surface area contributed by atoms with E-state index in [0.717, 1.165) is 16.8 Å². The number of para-hydroxylation sites is 1. The fourth-order valence-corrected chi connectivity index (χ4v) is 1.96. The molecule has 0 bridgehead atoms. The molecule has 0 spiro atoms. The van der Waals surface area contributed by atoms with Gasteiger partial charge in [-0.2, -0.15) is 0 Å². The summed E-state index contributed by atoms with van der Waals surface area (Å²) in [6.45, 7) is -0.0101. The first-order valence-corrected chi connectivity index (χ1v) is 5.76. The Morgan fingerprint density at radius 1 is 1.06 bits per heavy atom. The van der Waals surface area contributed by atoms with Crippen molar-refractivity contribution >= 4 is 11.7 Å². The van der Waals surface area contributed by atoms with Crippen LogP contribution in [0.4, 0.5) is 5.69 Å². The largest absolute Gasteiger partial charge is 0.480 e. The van der Waals surface area contributed by atoms with E-state index < -0.39 is 5.97 Å². The van der Waals surface area contributed by atoms with Crippen molar-refractivity contribution in [2.75, 3.05) is 18.5 Å². The average molecular weight is 241 g/mol. The number of carbonyl (C=O) groups is 1. The van der Waals surface area contributed by atoms with Gasteiger partial charge in [-0.25, -0.2) is 0 Å². The minimum absolute atomic E-state index is 0.0101. The van der Waals surface area contributed by atoms with Crippen LogP contribution in [0.1, 0.15) is 0 Å². The Morgan fingerprint density at radius 2 is 1.67 bits per heavy atom. The zero-order valence-corrected chi connectivity index (χ0v) is 10.2. The summed E-state index contributed by atoms with van der Waals surface area (Å²) in [6.07, 6.45) is 0. The minimum Gasteiger partial charge on any atom is -0.480 e. The Hall–Kier alpha value is -2.29. The van der Waals surface area contributed by atoms with Gasteiger partial charge in [0.15, 0.2) is 0 Å². The van der Waals surface area contributed by atoms with Crippen LogP contribution >= 0.6 is 0 Å². The Morgan fingerprint density at radius 3 is 2.33 bits per heavy atom. The van der Waals surface area contributed by atoms with Crippen LogP contribution < -0.4 is 4.90 Å². The molecule has 0 unspecified atom stereocenters. The molecule has 3 nitrogen and oxygen atoms in total. The van der Waals surface area contributed by atoms with Gasteiger partial charge in [-0.1, -0.05) is 48.5 Å². The summed E-state index contributed by atoms with van der Waals surface area (Å²) in [6, 6.07) is 17.8. The number of carboxylic acid groups (broad SMARTS) is 1. The molecule has 0 aliphatic carbocycles. The molecule has 0 amide bonds. The highest BCUT2D eigenvalue weighted by Gasteiger charge is 2.10. The molecule has 0 heterocycles. The summed E-state index contributed by atoms with van der Waals surface area (Å²) in [5, 5.41) is 8.87. The van der Waals surface area contributed by atoms with Gasteiger partial charge in [0.25, 0.3) is 0 Å². The van der Waals surface area contributed by atoms with Crippen molar-refractivity contribution in [3.8, 4) is 11.1 Å². The highest BCUT2D eigenvalue weighted by atomic mass is 16.4. The summed E-state index contributed by atoms with van der Waals surface area (Å²) in [7, 11) is 1.79. The normalized spacial score (nSPS) is 10.1. The van der Waals surface area contributed by atoms with Gasteiger partial charge in [-0.05, 0) is 11.6 Å². The molecule has 0 fully saturated rings. The Kier molecular flexibility index (Phi) is 3.63. The molecule has 2 aromatic rings. The lowest BCUT2D eigenvalue weighted by Gasteiger charge is -2.20. The fraction of sp³-hybridized carbons (Fsp3) is 0.133. The molecule has 2 aromatic carbocycles. The summed E-state index contributed by atoms with van der Waals surface area (Å²) in [5.74, 6) is -0.833. The topological polar surface area (TPSA) is 40.5 Å². The molecule has 3 heteroatoms. The van der Waals surface area contributed by atoms with Crippen molar-refractivity contribution in [1.29, 1.82) is 0 Å². The first-order chi connectivity index (χ1) is 8.68. The summed E-state index contributed by atoms with van der Waals surface area (Å²) < 4.78 is 0. The number of aliphatic carboxylic acids is 1. The Labute approximate surface area is 106 Å². The number of benzene rings is 2. The van der Waals surface area contributed by atoms with Crippen LogP contribution in [0.3, 0.4) is 0 Å². The van der Waals surface area contributed by atoms with Crippen LogP contribution in [-0.4, -0.2) is 24.7 Å². The van der Waals surface area contributed by atoms with E-state index in [1.165, 1.54) is 0 Å². The molecule has 0 saturated carbocycles. The van der Waals surface area contributed by atoms with Gasteiger partial charge >= 0.3 is 5.97 Å². The predicted molar refractivity (Wildman–Crippen MR) is 72.8 cm³/mol. The monoisotopic (exact) mass is 241 g/mol. The first-order valence-electron chi connectivity index (χ1n) is 5.76. The zero-order valence-electron chi connectivity index (χ0n) is 10.2. The lowest BCUT2D eigenvalue weighted by Crippen LogP contribution is -2.25. The molecule has 0 atom stereocenters. The van der Waals surface area contributed by atoms with Gasteiger partial charge in [0.1, 0.15) is 6.54 Å². The fourth-order valence-electron chi connectivity index (χ4n) is 1.96. The number of anilines is 1. The molecule has 0 radical (unpaired) electrons. The average Bonchev–Trinajstić information content (AvgIpc) is 2.39. The lowest BCUT2D eigenvalue weighted by molar-refractivity contribution is -0.135. The summed E-state index contributed by atoms with van der Waals surface area (Å²) in [4.78, 5) is 12.5. The summed E-state index contributed by atoms with van der Waals surface area (Å²) >= 11 is 0. The van der Waals surface area contributed by atoms with Crippen molar-refractivity contribution in [2.24, 2.45) is 0 Å². The third-order valence-corrected chi connectivity index (χ3v) is 2.77. The van der Waals surface area contributed by atoms with Crippen molar-refractivity contribution in [3.05, 3.63) is 54.6 Å². The molecule has 0 aliphatic heterocycles.